The maximum Gasteiger partial charge on any atom is 0.242 e. The molecule has 7 nitrogen and oxygen atoms in total. The number of amides is 1. The third kappa shape index (κ3) is 3.92. The van der Waals surface area contributed by atoms with Crippen LogP contribution in [0.1, 0.15) is 24.8 Å². The SMILES string of the molecule is COC1CCC(C2CC(C(=O)N3CC(Cc4ccccc4)C3)NO2)NN1. The summed E-state index contributed by atoms with van der Waals surface area (Å²) in [7, 11) is 1.69. The van der Waals surface area contributed by atoms with Gasteiger partial charge in [0.1, 0.15) is 12.3 Å². The van der Waals surface area contributed by atoms with Gasteiger partial charge in [-0.2, -0.15) is 5.48 Å². The smallest absolute Gasteiger partial charge is 0.242 e. The second-order valence-electron chi connectivity index (χ2n) is 7.56. The minimum absolute atomic E-state index is 0.00403. The normalized spacial score (nSPS) is 32.4. The second kappa shape index (κ2) is 8.02. The molecule has 3 aliphatic rings. The van der Waals surface area contributed by atoms with Crippen molar-refractivity contribution in [1.29, 1.82) is 0 Å². The number of ether oxygens (including phenoxy) is 1. The van der Waals surface area contributed by atoms with Crippen molar-refractivity contribution in [3.8, 4) is 0 Å². The Bertz CT molecular complexity index is 600. The summed E-state index contributed by atoms with van der Waals surface area (Å²) >= 11 is 0. The molecule has 3 heterocycles. The molecule has 0 bridgehead atoms. The third-order valence-electron chi connectivity index (χ3n) is 5.67. The summed E-state index contributed by atoms with van der Waals surface area (Å²) in [5.41, 5.74) is 10.7. The van der Waals surface area contributed by atoms with Gasteiger partial charge in [0, 0.05) is 32.7 Å². The van der Waals surface area contributed by atoms with Crippen molar-refractivity contribution in [2.75, 3.05) is 20.2 Å². The number of likely N-dealkylation sites (tertiary alicyclic amines) is 1. The average molecular weight is 360 g/mol. The summed E-state index contributed by atoms with van der Waals surface area (Å²) in [6.07, 6.45) is 3.67. The van der Waals surface area contributed by atoms with Gasteiger partial charge in [0.2, 0.25) is 5.91 Å². The van der Waals surface area contributed by atoms with Gasteiger partial charge in [0.05, 0.1) is 6.10 Å². The topological polar surface area (TPSA) is 74.9 Å². The van der Waals surface area contributed by atoms with E-state index < -0.39 is 0 Å². The van der Waals surface area contributed by atoms with E-state index in [2.05, 4.69) is 40.6 Å². The molecule has 0 aromatic heterocycles. The van der Waals surface area contributed by atoms with Crippen molar-refractivity contribution in [3.63, 3.8) is 0 Å². The molecule has 4 rings (SSSR count). The van der Waals surface area contributed by atoms with Gasteiger partial charge in [-0.3, -0.25) is 9.63 Å². The molecule has 142 valence electrons. The van der Waals surface area contributed by atoms with Crippen molar-refractivity contribution in [2.45, 2.75) is 50.1 Å². The summed E-state index contributed by atoms with van der Waals surface area (Å²) in [5.74, 6) is 0.727. The summed E-state index contributed by atoms with van der Waals surface area (Å²) in [5, 5.41) is 0. The monoisotopic (exact) mass is 360 g/mol. The zero-order valence-electron chi connectivity index (χ0n) is 15.2. The predicted molar refractivity (Wildman–Crippen MR) is 96.7 cm³/mol. The average Bonchev–Trinajstić information content (AvgIpc) is 3.15. The van der Waals surface area contributed by atoms with Crippen molar-refractivity contribution < 1.29 is 14.4 Å². The lowest BCUT2D eigenvalue weighted by Gasteiger charge is -2.40. The standard InChI is InChI=1S/C19H28N4O3/c1-25-18-8-7-15(20-21-18)17-10-16(22-26-17)19(24)23-11-14(12-23)9-13-5-3-2-4-6-13/h2-6,14-18,20-22H,7-12H2,1H3. The molecule has 1 amide bonds. The number of benzene rings is 1. The fourth-order valence-corrected chi connectivity index (χ4v) is 4.07. The zero-order valence-corrected chi connectivity index (χ0v) is 15.2. The Hall–Kier alpha value is -1.51. The minimum Gasteiger partial charge on any atom is -0.365 e. The first kappa shape index (κ1) is 17.9. The lowest BCUT2D eigenvalue weighted by molar-refractivity contribution is -0.141. The number of hydrogen-bond donors (Lipinski definition) is 3. The molecule has 3 aliphatic heterocycles. The minimum atomic E-state index is -0.236. The molecule has 3 fully saturated rings. The Balaban J connectivity index is 1.21. The molecule has 1 aromatic carbocycles. The molecule has 1 aromatic rings. The Morgan fingerprint density at radius 1 is 1.23 bits per heavy atom. The lowest BCUT2D eigenvalue weighted by Crippen LogP contribution is -2.56. The largest absolute Gasteiger partial charge is 0.365 e. The number of hydrazine groups is 1. The first-order valence-electron chi connectivity index (χ1n) is 9.50. The van der Waals surface area contributed by atoms with Gasteiger partial charge >= 0.3 is 0 Å². The highest BCUT2D eigenvalue weighted by atomic mass is 16.7. The Morgan fingerprint density at radius 2 is 2.04 bits per heavy atom. The van der Waals surface area contributed by atoms with Crippen LogP contribution in [0.15, 0.2) is 30.3 Å². The molecule has 0 aliphatic carbocycles. The van der Waals surface area contributed by atoms with Crippen LogP contribution >= 0.6 is 0 Å². The first-order chi connectivity index (χ1) is 12.7. The van der Waals surface area contributed by atoms with Crippen LogP contribution in [0.5, 0.6) is 0 Å². The quantitative estimate of drug-likeness (QED) is 0.713. The van der Waals surface area contributed by atoms with Crippen molar-refractivity contribution in [1.82, 2.24) is 21.2 Å². The van der Waals surface area contributed by atoms with E-state index in [0.29, 0.717) is 12.3 Å². The predicted octanol–water partition coefficient (Wildman–Crippen LogP) is 0.579. The van der Waals surface area contributed by atoms with Crippen LogP contribution in [0.2, 0.25) is 0 Å². The van der Waals surface area contributed by atoms with Crippen LogP contribution in [0.4, 0.5) is 0 Å². The molecule has 0 radical (unpaired) electrons. The van der Waals surface area contributed by atoms with Gasteiger partial charge in [0.25, 0.3) is 0 Å². The number of hydroxylamine groups is 1. The lowest BCUT2D eigenvalue weighted by atomic mass is 9.91. The van der Waals surface area contributed by atoms with Gasteiger partial charge in [-0.25, -0.2) is 10.9 Å². The Labute approximate surface area is 154 Å². The van der Waals surface area contributed by atoms with Crippen LogP contribution in [0, 0.1) is 5.92 Å². The number of nitrogens with zero attached hydrogens (tertiary/aromatic N) is 1. The van der Waals surface area contributed by atoms with Crippen LogP contribution in [-0.2, 0) is 20.8 Å². The van der Waals surface area contributed by atoms with E-state index in [1.54, 1.807) is 7.11 Å². The van der Waals surface area contributed by atoms with Gasteiger partial charge in [-0.05, 0) is 30.7 Å². The Kier molecular flexibility index (Phi) is 5.52. The zero-order chi connectivity index (χ0) is 17.9. The highest BCUT2D eigenvalue weighted by Crippen LogP contribution is 2.25. The van der Waals surface area contributed by atoms with Gasteiger partial charge in [-0.1, -0.05) is 30.3 Å². The van der Waals surface area contributed by atoms with Gasteiger partial charge in [-0.15, -0.1) is 0 Å². The van der Waals surface area contributed by atoms with Crippen LogP contribution in [0.3, 0.4) is 0 Å². The molecule has 0 spiro atoms. The molecule has 3 N–H and O–H groups in total. The van der Waals surface area contributed by atoms with E-state index in [1.807, 2.05) is 11.0 Å². The highest BCUT2D eigenvalue weighted by Gasteiger charge is 2.41. The van der Waals surface area contributed by atoms with Crippen molar-refractivity contribution in [3.05, 3.63) is 35.9 Å². The van der Waals surface area contributed by atoms with E-state index in [-0.39, 0.29) is 30.3 Å². The highest BCUT2D eigenvalue weighted by molar-refractivity contribution is 5.82. The maximum atomic E-state index is 12.7. The number of carbonyl (C=O) groups excluding carboxylic acids is 1. The van der Waals surface area contributed by atoms with Gasteiger partial charge < -0.3 is 9.64 Å². The van der Waals surface area contributed by atoms with Crippen molar-refractivity contribution in [2.24, 2.45) is 5.92 Å². The van der Waals surface area contributed by atoms with Crippen LogP contribution in [-0.4, -0.2) is 55.4 Å². The molecular weight excluding hydrogens is 332 g/mol. The van der Waals surface area contributed by atoms with E-state index in [9.17, 15) is 4.79 Å². The number of methoxy groups -OCH3 is 1. The molecule has 7 heteroatoms. The third-order valence-corrected chi connectivity index (χ3v) is 5.67. The first-order valence-corrected chi connectivity index (χ1v) is 9.50. The number of nitrogens with one attached hydrogen (secondary N) is 3. The van der Waals surface area contributed by atoms with E-state index in [4.69, 9.17) is 9.57 Å². The fourth-order valence-electron chi connectivity index (χ4n) is 4.07. The summed E-state index contributed by atoms with van der Waals surface area (Å²) in [4.78, 5) is 20.3. The molecule has 4 unspecified atom stereocenters. The van der Waals surface area contributed by atoms with Crippen molar-refractivity contribution >= 4 is 5.91 Å². The number of rotatable bonds is 5. The second-order valence-corrected chi connectivity index (χ2v) is 7.56. The van der Waals surface area contributed by atoms with E-state index >= 15 is 0 Å². The van der Waals surface area contributed by atoms with E-state index in [1.165, 1.54) is 5.56 Å². The molecular formula is C19H28N4O3. The number of carbonyl (C=O) groups is 1. The van der Waals surface area contributed by atoms with Crippen LogP contribution < -0.4 is 16.3 Å². The molecule has 26 heavy (non-hydrogen) atoms. The fraction of sp³-hybridized carbons (Fsp3) is 0.632. The molecule has 3 saturated heterocycles. The summed E-state index contributed by atoms with van der Waals surface area (Å²) < 4.78 is 5.28. The summed E-state index contributed by atoms with van der Waals surface area (Å²) in [6.45, 7) is 1.69. The maximum absolute atomic E-state index is 12.7. The van der Waals surface area contributed by atoms with Gasteiger partial charge in [0.15, 0.2) is 0 Å². The van der Waals surface area contributed by atoms with Crippen LogP contribution in [0.25, 0.3) is 0 Å². The number of hydrogen-bond acceptors (Lipinski definition) is 6. The Morgan fingerprint density at radius 3 is 2.73 bits per heavy atom. The molecule has 4 atom stereocenters. The summed E-state index contributed by atoms with van der Waals surface area (Å²) in [6, 6.07) is 10.4. The van der Waals surface area contributed by atoms with E-state index in [0.717, 1.165) is 32.4 Å². The molecule has 0 saturated carbocycles.